The van der Waals surface area contributed by atoms with E-state index < -0.39 is 0 Å². The Morgan fingerprint density at radius 1 is 1.35 bits per heavy atom. The third-order valence-corrected chi connectivity index (χ3v) is 3.77. The zero-order valence-corrected chi connectivity index (χ0v) is 12.5. The summed E-state index contributed by atoms with van der Waals surface area (Å²) in [6.45, 7) is 6.06. The van der Waals surface area contributed by atoms with Crippen LogP contribution in [0.5, 0.6) is 0 Å². The smallest absolute Gasteiger partial charge is 0.126 e. The molecular weight excluding hydrogens is 277 g/mol. The zero-order chi connectivity index (χ0) is 14.5. The molecule has 0 radical (unpaired) electrons. The Morgan fingerprint density at radius 3 is 2.80 bits per heavy atom. The van der Waals surface area contributed by atoms with Crippen molar-refractivity contribution < 1.29 is 4.39 Å². The molecule has 1 aromatic heterocycles. The maximum absolute atomic E-state index is 13.5. The number of halogens is 2. The van der Waals surface area contributed by atoms with Crippen LogP contribution in [0.2, 0.25) is 5.02 Å². The Kier molecular flexibility index (Phi) is 5.15. The molecular formula is C15H19ClFN3. The van der Waals surface area contributed by atoms with Crippen molar-refractivity contribution in [2.24, 2.45) is 0 Å². The van der Waals surface area contributed by atoms with Crippen molar-refractivity contribution in [3.05, 3.63) is 52.1 Å². The minimum Gasteiger partial charge on any atom is -0.311 e. The van der Waals surface area contributed by atoms with Gasteiger partial charge in [0.05, 0.1) is 16.4 Å². The predicted molar refractivity (Wildman–Crippen MR) is 79.5 cm³/mol. The highest BCUT2D eigenvalue weighted by Gasteiger charge is 2.11. The van der Waals surface area contributed by atoms with Crippen molar-refractivity contribution in [2.45, 2.75) is 33.4 Å². The van der Waals surface area contributed by atoms with Gasteiger partial charge in [0.1, 0.15) is 5.82 Å². The third-order valence-electron chi connectivity index (χ3n) is 3.27. The lowest BCUT2D eigenvalue weighted by molar-refractivity contribution is 0.570. The van der Waals surface area contributed by atoms with Gasteiger partial charge in [-0.2, -0.15) is 5.10 Å². The Balaban J connectivity index is 1.89. The molecule has 1 aromatic carbocycles. The molecule has 5 heteroatoms. The van der Waals surface area contributed by atoms with Gasteiger partial charge in [-0.05, 0) is 38.4 Å². The highest BCUT2D eigenvalue weighted by molar-refractivity contribution is 6.31. The molecule has 0 bridgehead atoms. The van der Waals surface area contributed by atoms with Gasteiger partial charge in [0, 0.05) is 13.1 Å². The Labute approximate surface area is 123 Å². The third kappa shape index (κ3) is 3.38. The average molecular weight is 296 g/mol. The molecule has 0 saturated carbocycles. The first-order valence-corrected chi connectivity index (χ1v) is 7.17. The number of nitrogens with zero attached hydrogens (tertiary/aromatic N) is 2. The topological polar surface area (TPSA) is 29.9 Å². The Hall–Kier alpha value is -1.39. The lowest BCUT2D eigenvalue weighted by atomic mass is 10.1. The fourth-order valence-corrected chi connectivity index (χ4v) is 2.37. The number of aromatic nitrogens is 2. The van der Waals surface area contributed by atoms with E-state index in [4.69, 9.17) is 11.6 Å². The molecule has 0 unspecified atom stereocenters. The maximum Gasteiger partial charge on any atom is 0.126 e. The molecule has 0 aliphatic heterocycles. The van der Waals surface area contributed by atoms with Gasteiger partial charge >= 0.3 is 0 Å². The fourth-order valence-electron chi connectivity index (χ4n) is 2.17. The average Bonchev–Trinajstić information content (AvgIpc) is 2.72. The number of hydrogen-bond acceptors (Lipinski definition) is 2. The summed E-state index contributed by atoms with van der Waals surface area (Å²) in [5.74, 6) is -0.151. The molecule has 0 amide bonds. The molecule has 108 valence electrons. The van der Waals surface area contributed by atoms with Crippen LogP contribution in [0, 0.1) is 12.7 Å². The van der Waals surface area contributed by atoms with Crippen molar-refractivity contribution >= 4 is 11.6 Å². The van der Waals surface area contributed by atoms with E-state index in [9.17, 15) is 4.39 Å². The van der Waals surface area contributed by atoms with E-state index >= 15 is 0 Å². The summed E-state index contributed by atoms with van der Waals surface area (Å²) in [5.41, 5.74) is 2.56. The molecule has 0 aliphatic rings. The Bertz CT molecular complexity index is 580. The quantitative estimate of drug-likeness (QED) is 0.829. The van der Waals surface area contributed by atoms with Gasteiger partial charge in [-0.1, -0.05) is 29.8 Å². The first kappa shape index (κ1) is 15.0. The highest BCUT2D eigenvalue weighted by Crippen LogP contribution is 2.19. The van der Waals surface area contributed by atoms with Crippen molar-refractivity contribution in [1.82, 2.24) is 15.1 Å². The van der Waals surface area contributed by atoms with Gasteiger partial charge in [0.2, 0.25) is 0 Å². The molecule has 2 aromatic rings. The highest BCUT2D eigenvalue weighted by atomic mass is 35.5. The first-order valence-electron chi connectivity index (χ1n) is 6.79. The molecule has 1 heterocycles. The summed E-state index contributed by atoms with van der Waals surface area (Å²) >= 11 is 6.23. The minimum atomic E-state index is -0.151. The van der Waals surface area contributed by atoms with Crippen LogP contribution >= 0.6 is 11.6 Å². The number of rotatable bonds is 6. The first-order chi connectivity index (χ1) is 9.63. The van der Waals surface area contributed by atoms with Crippen molar-refractivity contribution in [3.63, 3.8) is 0 Å². The Morgan fingerprint density at radius 2 is 2.10 bits per heavy atom. The molecule has 0 saturated heterocycles. The summed E-state index contributed by atoms with van der Waals surface area (Å²) in [5, 5.41) is 8.37. The number of benzene rings is 1. The number of nitrogens with one attached hydrogen (secondary N) is 1. The normalized spacial score (nSPS) is 11.0. The number of hydrogen-bond donors (Lipinski definition) is 1. The second-order valence-electron chi connectivity index (χ2n) is 4.68. The van der Waals surface area contributed by atoms with Crippen molar-refractivity contribution in [2.75, 3.05) is 6.54 Å². The van der Waals surface area contributed by atoms with E-state index in [1.165, 1.54) is 6.07 Å². The SMILES string of the molecule is CCn1nc(C)c(Cl)c1CNCCc1ccccc1F. The van der Waals surface area contributed by atoms with Gasteiger partial charge in [0.25, 0.3) is 0 Å². The van der Waals surface area contributed by atoms with Crippen LogP contribution in [0.4, 0.5) is 4.39 Å². The van der Waals surface area contributed by atoms with E-state index in [1.807, 2.05) is 30.7 Å². The molecule has 0 aliphatic carbocycles. The van der Waals surface area contributed by atoms with Gasteiger partial charge in [-0.3, -0.25) is 4.68 Å². The van der Waals surface area contributed by atoms with Crippen LogP contribution in [0.1, 0.15) is 23.9 Å². The van der Waals surface area contributed by atoms with E-state index in [1.54, 1.807) is 6.07 Å². The van der Waals surface area contributed by atoms with Crippen LogP contribution in [0.15, 0.2) is 24.3 Å². The second-order valence-corrected chi connectivity index (χ2v) is 5.06. The van der Waals surface area contributed by atoms with E-state index in [-0.39, 0.29) is 5.82 Å². The molecule has 2 rings (SSSR count). The van der Waals surface area contributed by atoms with Gasteiger partial charge in [0.15, 0.2) is 0 Å². The molecule has 20 heavy (non-hydrogen) atoms. The lowest BCUT2D eigenvalue weighted by Gasteiger charge is -2.08. The molecule has 0 fully saturated rings. The molecule has 0 atom stereocenters. The van der Waals surface area contributed by atoms with Crippen LogP contribution in [0.25, 0.3) is 0 Å². The molecule has 1 N–H and O–H groups in total. The van der Waals surface area contributed by atoms with Crippen molar-refractivity contribution in [3.8, 4) is 0 Å². The van der Waals surface area contributed by atoms with E-state index in [0.717, 1.165) is 23.5 Å². The fraction of sp³-hybridized carbons (Fsp3) is 0.400. The van der Waals surface area contributed by atoms with Crippen LogP contribution < -0.4 is 5.32 Å². The van der Waals surface area contributed by atoms with Crippen molar-refractivity contribution in [1.29, 1.82) is 0 Å². The standard InChI is InChI=1S/C15H19ClFN3/c1-3-20-14(15(16)11(2)19-20)10-18-9-8-12-6-4-5-7-13(12)17/h4-7,18H,3,8-10H2,1-2H3. The summed E-state index contributed by atoms with van der Waals surface area (Å²) in [6, 6.07) is 6.85. The molecule has 3 nitrogen and oxygen atoms in total. The van der Waals surface area contributed by atoms with Gasteiger partial charge in [-0.15, -0.1) is 0 Å². The van der Waals surface area contributed by atoms with Gasteiger partial charge < -0.3 is 5.32 Å². The number of aryl methyl sites for hydroxylation is 2. The zero-order valence-electron chi connectivity index (χ0n) is 11.8. The van der Waals surface area contributed by atoms with Crippen LogP contribution in [0.3, 0.4) is 0 Å². The summed E-state index contributed by atoms with van der Waals surface area (Å²) in [4.78, 5) is 0. The summed E-state index contributed by atoms with van der Waals surface area (Å²) < 4.78 is 15.4. The lowest BCUT2D eigenvalue weighted by Crippen LogP contribution is -2.19. The summed E-state index contributed by atoms with van der Waals surface area (Å²) in [6.07, 6.45) is 0.656. The summed E-state index contributed by atoms with van der Waals surface area (Å²) in [7, 11) is 0. The predicted octanol–water partition coefficient (Wildman–Crippen LogP) is 3.34. The van der Waals surface area contributed by atoms with Crippen LogP contribution in [-0.4, -0.2) is 16.3 Å². The molecule has 0 spiro atoms. The maximum atomic E-state index is 13.5. The van der Waals surface area contributed by atoms with E-state index in [0.29, 0.717) is 24.5 Å². The van der Waals surface area contributed by atoms with Crippen LogP contribution in [-0.2, 0) is 19.5 Å². The monoisotopic (exact) mass is 295 g/mol. The van der Waals surface area contributed by atoms with Gasteiger partial charge in [-0.25, -0.2) is 4.39 Å². The van der Waals surface area contributed by atoms with E-state index in [2.05, 4.69) is 10.4 Å². The second kappa shape index (κ2) is 6.86. The largest absolute Gasteiger partial charge is 0.311 e. The minimum absolute atomic E-state index is 0.151.